The molecule has 3 saturated heterocycles. The lowest BCUT2D eigenvalue weighted by Gasteiger charge is -2.51. The van der Waals surface area contributed by atoms with E-state index in [4.69, 9.17) is 5.73 Å². The number of hydrogen-bond donors (Lipinski definition) is 1. The van der Waals surface area contributed by atoms with Crippen LogP contribution in [0.2, 0.25) is 0 Å². The number of hydrogen-bond acceptors (Lipinski definition) is 2. The fraction of sp³-hybridized carbons (Fsp3) is 0.571. The minimum Gasteiger partial charge on any atom is -0.323 e. The summed E-state index contributed by atoms with van der Waals surface area (Å²) in [5, 5.41) is 0. The molecule has 0 amide bonds. The van der Waals surface area contributed by atoms with Gasteiger partial charge in [0.05, 0.1) is 0 Å². The number of piperidine rings is 3. The highest BCUT2D eigenvalue weighted by atomic mass is 15.2. The maximum absolute atomic E-state index is 6.63. The maximum Gasteiger partial charge on any atom is 0.0353 e. The van der Waals surface area contributed by atoms with Crippen LogP contribution in [0.25, 0.3) is 0 Å². The molecule has 16 heavy (non-hydrogen) atoms. The predicted octanol–water partition coefficient (Wildman–Crippen LogP) is 1.65. The van der Waals surface area contributed by atoms with Crippen LogP contribution in [0.3, 0.4) is 0 Å². The molecule has 1 aromatic carbocycles. The fourth-order valence-electron chi connectivity index (χ4n) is 3.39. The first-order valence-corrected chi connectivity index (χ1v) is 6.31. The second kappa shape index (κ2) is 3.86. The third-order valence-electron chi connectivity index (χ3n) is 4.29. The van der Waals surface area contributed by atoms with E-state index in [1.54, 1.807) is 0 Å². The van der Waals surface area contributed by atoms with Crippen molar-refractivity contribution in [1.29, 1.82) is 0 Å². The molecular formula is C14H20N2. The molecule has 2 nitrogen and oxygen atoms in total. The summed E-state index contributed by atoms with van der Waals surface area (Å²) in [7, 11) is 0. The van der Waals surface area contributed by atoms with Gasteiger partial charge in [0.1, 0.15) is 0 Å². The molecular weight excluding hydrogens is 196 g/mol. The third-order valence-corrected chi connectivity index (χ3v) is 4.29. The van der Waals surface area contributed by atoms with Crippen molar-refractivity contribution in [2.75, 3.05) is 19.6 Å². The molecule has 2 bridgehead atoms. The van der Waals surface area contributed by atoms with Gasteiger partial charge < -0.3 is 10.6 Å². The van der Waals surface area contributed by atoms with E-state index in [9.17, 15) is 0 Å². The fourth-order valence-corrected chi connectivity index (χ4v) is 3.39. The Morgan fingerprint density at radius 3 is 2.44 bits per heavy atom. The van der Waals surface area contributed by atoms with Gasteiger partial charge in [-0.25, -0.2) is 0 Å². The molecule has 3 fully saturated rings. The summed E-state index contributed by atoms with van der Waals surface area (Å²) >= 11 is 0. The molecule has 1 aromatic rings. The summed E-state index contributed by atoms with van der Waals surface area (Å²) in [6.45, 7) is 3.61. The van der Waals surface area contributed by atoms with Gasteiger partial charge in [-0.1, -0.05) is 30.3 Å². The standard InChI is InChI=1S/C14H20N2/c15-14(10-12-4-2-1-3-5-12)11-16-8-6-13(14)7-9-16/h1-5,13H,6-11,15H2. The van der Waals surface area contributed by atoms with Crippen LogP contribution in [0.4, 0.5) is 0 Å². The van der Waals surface area contributed by atoms with Gasteiger partial charge in [-0.3, -0.25) is 0 Å². The zero-order valence-electron chi connectivity index (χ0n) is 9.73. The topological polar surface area (TPSA) is 29.3 Å². The summed E-state index contributed by atoms with van der Waals surface area (Å²) in [5.74, 6) is 0.734. The SMILES string of the molecule is NC1(Cc2ccccc2)CN2CCC1CC2. The first kappa shape index (κ1) is 10.3. The Labute approximate surface area is 97.4 Å². The molecule has 2 heteroatoms. The average Bonchev–Trinajstić information content (AvgIpc) is 2.31. The molecule has 0 spiro atoms. The molecule has 3 aliphatic heterocycles. The van der Waals surface area contributed by atoms with Gasteiger partial charge in [-0.2, -0.15) is 0 Å². The number of fused-ring (bicyclic) bond motifs is 3. The zero-order chi connectivity index (χ0) is 11.0. The van der Waals surface area contributed by atoms with Crippen LogP contribution in [-0.4, -0.2) is 30.1 Å². The molecule has 0 aliphatic carbocycles. The Hall–Kier alpha value is -0.860. The zero-order valence-corrected chi connectivity index (χ0v) is 9.73. The van der Waals surface area contributed by atoms with Crippen LogP contribution in [-0.2, 0) is 6.42 Å². The van der Waals surface area contributed by atoms with Gasteiger partial charge in [0.2, 0.25) is 0 Å². The lowest BCUT2D eigenvalue weighted by atomic mass is 9.70. The lowest BCUT2D eigenvalue weighted by Crippen LogP contribution is -2.65. The van der Waals surface area contributed by atoms with Crippen molar-refractivity contribution >= 4 is 0 Å². The highest BCUT2D eigenvalue weighted by molar-refractivity contribution is 5.20. The van der Waals surface area contributed by atoms with Crippen LogP contribution in [0.15, 0.2) is 30.3 Å². The molecule has 1 unspecified atom stereocenters. The Morgan fingerprint density at radius 1 is 1.19 bits per heavy atom. The van der Waals surface area contributed by atoms with Gasteiger partial charge in [0.25, 0.3) is 0 Å². The Bertz CT molecular complexity index is 354. The summed E-state index contributed by atoms with van der Waals surface area (Å²) in [6, 6.07) is 10.7. The predicted molar refractivity (Wildman–Crippen MR) is 66.2 cm³/mol. The number of nitrogens with zero attached hydrogens (tertiary/aromatic N) is 1. The van der Waals surface area contributed by atoms with Gasteiger partial charge >= 0.3 is 0 Å². The molecule has 86 valence electrons. The molecule has 1 atom stereocenters. The second-order valence-corrected chi connectivity index (χ2v) is 5.45. The molecule has 3 aliphatic rings. The lowest BCUT2D eigenvalue weighted by molar-refractivity contribution is 0.0289. The van der Waals surface area contributed by atoms with E-state index in [2.05, 4.69) is 35.2 Å². The quantitative estimate of drug-likeness (QED) is 0.814. The van der Waals surface area contributed by atoms with Crippen molar-refractivity contribution < 1.29 is 0 Å². The molecule has 0 saturated carbocycles. The number of benzene rings is 1. The van der Waals surface area contributed by atoms with E-state index in [1.807, 2.05) is 0 Å². The van der Waals surface area contributed by atoms with Crippen molar-refractivity contribution in [3.05, 3.63) is 35.9 Å². The van der Waals surface area contributed by atoms with Crippen molar-refractivity contribution in [1.82, 2.24) is 4.90 Å². The summed E-state index contributed by atoms with van der Waals surface area (Å²) < 4.78 is 0. The molecule has 4 rings (SSSR count). The minimum atomic E-state index is 0.0256. The van der Waals surface area contributed by atoms with Crippen LogP contribution >= 0.6 is 0 Å². The first-order valence-electron chi connectivity index (χ1n) is 6.31. The van der Waals surface area contributed by atoms with E-state index in [0.29, 0.717) is 0 Å². The number of rotatable bonds is 2. The van der Waals surface area contributed by atoms with E-state index < -0.39 is 0 Å². The van der Waals surface area contributed by atoms with Crippen molar-refractivity contribution in [3.8, 4) is 0 Å². The second-order valence-electron chi connectivity index (χ2n) is 5.45. The summed E-state index contributed by atoms with van der Waals surface area (Å²) in [5.41, 5.74) is 8.05. The van der Waals surface area contributed by atoms with Crippen LogP contribution in [0.1, 0.15) is 18.4 Å². The Morgan fingerprint density at radius 2 is 1.88 bits per heavy atom. The van der Waals surface area contributed by atoms with E-state index in [0.717, 1.165) is 18.9 Å². The smallest absolute Gasteiger partial charge is 0.0353 e. The normalized spacial score (nSPS) is 37.6. The minimum absolute atomic E-state index is 0.0256. The van der Waals surface area contributed by atoms with Crippen molar-refractivity contribution in [2.24, 2.45) is 11.7 Å². The Kier molecular flexibility index (Phi) is 2.49. The average molecular weight is 216 g/mol. The van der Waals surface area contributed by atoms with Gasteiger partial charge in [0, 0.05) is 12.1 Å². The van der Waals surface area contributed by atoms with E-state index in [-0.39, 0.29) is 5.54 Å². The third kappa shape index (κ3) is 1.76. The highest BCUT2D eigenvalue weighted by Crippen LogP contribution is 2.35. The van der Waals surface area contributed by atoms with Crippen LogP contribution in [0.5, 0.6) is 0 Å². The molecule has 3 heterocycles. The molecule has 0 aromatic heterocycles. The molecule has 2 N–H and O–H groups in total. The van der Waals surface area contributed by atoms with Gasteiger partial charge in [-0.05, 0) is 43.8 Å². The highest BCUT2D eigenvalue weighted by Gasteiger charge is 2.43. The van der Waals surface area contributed by atoms with E-state index in [1.165, 1.54) is 31.5 Å². The van der Waals surface area contributed by atoms with Crippen LogP contribution in [0, 0.1) is 5.92 Å². The van der Waals surface area contributed by atoms with Gasteiger partial charge in [0.15, 0.2) is 0 Å². The first-order chi connectivity index (χ1) is 7.76. The summed E-state index contributed by atoms with van der Waals surface area (Å²) in [4.78, 5) is 2.53. The van der Waals surface area contributed by atoms with Gasteiger partial charge in [-0.15, -0.1) is 0 Å². The molecule has 0 radical (unpaired) electrons. The summed E-state index contributed by atoms with van der Waals surface area (Å²) in [6.07, 6.45) is 3.63. The largest absolute Gasteiger partial charge is 0.323 e. The monoisotopic (exact) mass is 216 g/mol. The number of nitrogens with two attached hydrogens (primary N) is 1. The maximum atomic E-state index is 6.63. The van der Waals surface area contributed by atoms with Crippen molar-refractivity contribution in [2.45, 2.75) is 24.8 Å². The van der Waals surface area contributed by atoms with Crippen molar-refractivity contribution in [3.63, 3.8) is 0 Å². The Balaban J connectivity index is 1.79. The van der Waals surface area contributed by atoms with Crippen LogP contribution < -0.4 is 5.73 Å². The van der Waals surface area contributed by atoms with E-state index >= 15 is 0 Å².